The fourth-order valence-corrected chi connectivity index (χ4v) is 3.85. The minimum atomic E-state index is -0.125. The first kappa shape index (κ1) is 15.3. The fourth-order valence-electron chi connectivity index (χ4n) is 3.85. The number of rotatable bonds is 3. The van der Waals surface area contributed by atoms with Crippen LogP contribution in [-0.4, -0.2) is 12.1 Å². The Balaban J connectivity index is 1.56. The SMILES string of the molecule is CC(C)(C)c1ccc(C(=O)N/N=C\[C@H]2C[C@@H]3CC[C@@H]2C3)cc1. The van der Waals surface area contributed by atoms with E-state index >= 15 is 0 Å². The zero-order valence-electron chi connectivity index (χ0n) is 13.8. The molecular weight excluding hydrogens is 272 g/mol. The van der Waals surface area contributed by atoms with Crippen LogP contribution < -0.4 is 5.43 Å². The lowest BCUT2D eigenvalue weighted by molar-refractivity contribution is 0.0954. The van der Waals surface area contributed by atoms with Crippen molar-refractivity contribution in [1.29, 1.82) is 0 Å². The predicted octanol–water partition coefficient (Wildman–Crippen LogP) is 4.14. The first-order valence-electron chi connectivity index (χ1n) is 8.37. The molecule has 0 radical (unpaired) electrons. The van der Waals surface area contributed by atoms with Gasteiger partial charge in [-0.25, -0.2) is 5.43 Å². The molecule has 0 unspecified atom stereocenters. The topological polar surface area (TPSA) is 41.5 Å². The molecule has 3 rings (SSSR count). The quantitative estimate of drug-likeness (QED) is 0.661. The molecule has 1 N–H and O–H groups in total. The zero-order chi connectivity index (χ0) is 15.7. The Hall–Kier alpha value is -1.64. The van der Waals surface area contributed by atoms with Gasteiger partial charge in [-0.15, -0.1) is 0 Å². The molecule has 2 aliphatic rings. The highest BCUT2D eigenvalue weighted by Gasteiger charge is 2.38. The van der Waals surface area contributed by atoms with Gasteiger partial charge in [-0.2, -0.15) is 5.10 Å². The van der Waals surface area contributed by atoms with Crippen LogP contribution in [0.2, 0.25) is 0 Å². The molecule has 22 heavy (non-hydrogen) atoms. The molecule has 1 aromatic rings. The molecule has 0 heterocycles. The van der Waals surface area contributed by atoms with Crippen molar-refractivity contribution in [1.82, 2.24) is 5.43 Å². The van der Waals surface area contributed by atoms with Gasteiger partial charge >= 0.3 is 0 Å². The highest BCUT2D eigenvalue weighted by molar-refractivity contribution is 5.94. The normalized spacial score (nSPS) is 27.5. The second-order valence-corrected chi connectivity index (χ2v) is 7.89. The molecule has 3 nitrogen and oxygen atoms in total. The van der Waals surface area contributed by atoms with E-state index in [0.29, 0.717) is 11.5 Å². The van der Waals surface area contributed by atoms with Crippen molar-refractivity contribution >= 4 is 12.1 Å². The summed E-state index contributed by atoms with van der Waals surface area (Å²) in [5, 5.41) is 4.20. The van der Waals surface area contributed by atoms with E-state index in [1.807, 2.05) is 30.5 Å². The van der Waals surface area contributed by atoms with Crippen LogP contribution in [0, 0.1) is 17.8 Å². The lowest BCUT2D eigenvalue weighted by Crippen LogP contribution is -2.20. The molecule has 2 bridgehead atoms. The number of carbonyl (C=O) groups is 1. The van der Waals surface area contributed by atoms with E-state index in [9.17, 15) is 4.79 Å². The fraction of sp³-hybridized carbons (Fsp3) is 0.579. The van der Waals surface area contributed by atoms with E-state index in [-0.39, 0.29) is 11.3 Å². The summed E-state index contributed by atoms with van der Waals surface area (Å²) >= 11 is 0. The maximum absolute atomic E-state index is 12.1. The summed E-state index contributed by atoms with van der Waals surface area (Å²) < 4.78 is 0. The Morgan fingerprint density at radius 2 is 1.91 bits per heavy atom. The van der Waals surface area contributed by atoms with E-state index < -0.39 is 0 Å². The number of nitrogens with one attached hydrogen (secondary N) is 1. The highest BCUT2D eigenvalue weighted by Crippen LogP contribution is 2.47. The van der Waals surface area contributed by atoms with Crippen molar-refractivity contribution in [2.45, 2.75) is 51.9 Å². The molecule has 0 aromatic heterocycles. The molecule has 0 aliphatic heterocycles. The molecule has 3 heteroatoms. The van der Waals surface area contributed by atoms with Crippen molar-refractivity contribution < 1.29 is 4.79 Å². The van der Waals surface area contributed by atoms with Gasteiger partial charge in [0, 0.05) is 11.8 Å². The number of hydrogen-bond donors (Lipinski definition) is 1. The molecule has 1 aromatic carbocycles. The number of hydrazone groups is 1. The van der Waals surface area contributed by atoms with Gasteiger partial charge in [-0.3, -0.25) is 4.79 Å². The molecule has 2 aliphatic carbocycles. The number of hydrogen-bond acceptors (Lipinski definition) is 2. The standard InChI is InChI=1S/C19H26N2O/c1-19(2,3)17-8-6-14(7-9-17)18(22)21-20-12-16-11-13-4-5-15(16)10-13/h6-9,12-13,15-16H,4-5,10-11H2,1-3H3,(H,21,22)/b20-12-/t13-,15-,16-/m1/s1. The predicted molar refractivity (Wildman–Crippen MR) is 90.0 cm³/mol. The smallest absolute Gasteiger partial charge is 0.267 e. The van der Waals surface area contributed by atoms with Crippen LogP contribution in [-0.2, 0) is 5.41 Å². The van der Waals surface area contributed by atoms with E-state index in [2.05, 4.69) is 31.3 Å². The minimum absolute atomic E-state index is 0.106. The number of benzene rings is 1. The molecule has 1 amide bonds. The number of carbonyl (C=O) groups excluding carboxylic acids is 1. The summed E-state index contributed by atoms with van der Waals surface area (Å²) in [5.74, 6) is 2.15. The van der Waals surface area contributed by atoms with Crippen LogP contribution in [0.4, 0.5) is 0 Å². The van der Waals surface area contributed by atoms with Crippen LogP contribution in [0.3, 0.4) is 0 Å². The van der Waals surface area contributed by atoms with E-state index in [1.165, 1.54) is 31.2 Å². The molecule has 3 atom stereocenters. The van der Waals surface area contributed by atoms with Gasteiger partial charge in [0.05, 0.1) is 0 Å². The summed E-state index contributed by atoms with van der Waals surface area (Å²) in [5.41, 5.74) is 4.68. The van der Waals surface area contributed by atoms with E-state index in [0.717, 1.165) is 11.8 Å². The lowest BCUT2D eigenvalue weighted by atomic mass is 9.87. The summed E-state index contributed by atoms with van der Waals surface area (Å²) in [6.07, 6.45) is 7.31. The largest absolute Gasteiger partial charge is 0.271 e. The monoisotopic (exact) mass is 298 g/mol. The van der Waals surface area contributed by atoms with Gasteiger partial charge in [0.25, 0.3) is 5.91 Å². The average Bonchev–Trinajstić information content (AvgIpc) is 3.09. The summed E-state index contributed by atoms with van der Waals surface area (Å²) in [6, 6.07) is 7.80. The maximum Gasteiger partial charge on any atom is 0.271 e. The van der Waals surface area contributed by atoms with Gasteiger partial charge in [0.15, 0.2) is 0 Å². The van der Waals surface area contributed by atoms with Crippen molar-refractivity contribution in [3.05, 3.63) is 35.4 Å². The Labute approximate surface area is 133 Å². The van der Waals surface area contributed by atoms with E-state index in [1.54, 1.807) is 0 Å². The molecule has 2 fully saturated rings. The van der Waals surface area contributed by atoms with E-state index in [4.69, 9.17) is 0 Å². The number of amides is 1. The second-order valence-electron chi connectivity index (χ2n) is 7.89. The molecule has 118 valence electrons. The molecule has 0 spiro atoms. The van der Waals surface area contributed by atoms with Crippen LogP contribution in [0.25, 0.3) is 0 Å². The third kappa shape index (κ3) is 3.23. The van der Waals surface area contributed by atoms with Gasteiger partial charge in [0.1, 0.15) is 0 Å². The number of nitrogens with zero attached hydrogens (tertiary/aromatic N) is 1. The van der Waals surface area contributed by atoms with Gasteiger partial charge in [0.2, 0.25) is 0 Å². The van der Waals surface area contributed by atoms with Crippen LogP contribution >= 0.6 is 0 Å². The van der Waals surface area contributed by atoms with Crippen LogP contribution in [0.1, 0.15) is 62.4 Å². The van der Waals surface area contributed by atoms with Crippen LogP contribution in [0.15, 0.2) is 29.4 Å². The summed E-state index contributed by atoms with van der Waals surface area (Å²) in [7, 11) is 0. The molecule has 0 saturated heterocycles. The Morgan fingerprint density at radius 3 is 2.45 bits per heavy atom. The van der Waals surface area contributed by atoms with Crippen molar-refractivity contribution in [2.24, 2.45) is 22.9 Å². The van der Waals surface area contributed by atoms with Gasteiger partial charge in [-0.05, 0) is 60.1 Å². The van der Waals surface area contributed by atoms with Crippen molar-refractivity contribution in [2.75, 3.05) is 0 Å². The Kier molecular flexibility index (Phi) is 4.07. The van der Waals surface area contributed by atoms with Gasteiger partial charge < -0.3 is 0 Å². The highest BCUT2D eigenvalue weighted by atomic mass is 16.2. The Bertz CT molecular complexity index is 568. The second kappa shape index (κ2) is 5.86. The minimum Gasteiger partial charge on any atom is -0.267 e. The van der Waals surface area contributed by atoms with Crippen molar-refractivity contribution in [3.8, 4) is 0 Å². The number of fused-ring (bicyclic) bond motifs is 2. The molecule has 2 saturated carbocycles. The zero-order valence-corrected chi connectivity index (χ0v) is 13.8. The maximum atomic E-state index is 12.1. The summed E-state index contributed by atoms with van der Waals surface area (Å²) in [4.78, 5) is 12.1. The Morgan fingerprint density at radius 1 is 1.18 bits per heavy atom. The van der Waals surface area contributed by atoms with Crippen LogP contribution in [0.5, 0.6) is 0 Å². The van der Waals surface area contributed by atoms with Crippen molar-refractivity contribution in [3.63, 3.8) is 0 Å². The summed E-state index contributed by atoms with van der Waals surface area (Å²) in [6.45, 7) is 6.51. The van der Waals surface area contributed by atoms with Gasteiger partial charge in [-0.1, -0.05) is 39.3 Å². The molecular formula is C19H26N2O. The first-order chi connectivity index (χ1) is 10.4. The third-order valence-corrected chi connectivity index (χ3v) is 5.24. The third-order valence-electron chi connectivity index (χ3n) is 5.24. The lowest BCUT2D eigenvalue weighted by Gasteiger charge is -2.19. The average molecular weight is 298 g/mol. The first-order valence-corrected chi connectivity index (χ1v) is 8.37.